The third-order valence-electron chi connectivity index (χ3n) is 8.50. The Labute approximate surface area is 240 Å². The van der Waals surface area contributed by atoms with Crippen molar-refractivity contribution < 1.29 is 9.47 Å². The summed E-state index contributed by atoms with van der Waals surface area (Å²) in [4.78, 5) is 0. The zero-order valence-corrected chi connectivity index (χ0v) is 23.0. The van der Waals surface area contributed by atoms with Gasteiger partial charge in [-0.3, -0.25) is 0 Å². The quantitative estimate of drug-likeness (QED) is 0.217. The lowest BCUT2D eigenvalue weighted by Gasteiger charge is -2.34. The van der Waals surface area contributed by atoms with E-state index in [1.165, 1.54) is 33.3 Å². The zero-order valence-electron chi connectivity index (χ0n) is 23.0. The molecule has 0 saturated carbocycles. The maximum absolute atomic E-state index is 6.76. The standard InChI is InChI=1S/C38H27BO2/c1-24-10-6-8-14-30(24)27-17-19-34-33(20-27)39-32-18-16-28(31-15-9-7-11-25(31)2)21-35(32)41-37-23-29(22-36(40-34)38(37)39)26-12-4-3-5-13-26/h3-23H,1-2H3. The maximum atomic E-state index is 6.76. The molecule has 0 radical (unpaired) electrons. The van der Waals surface area contributed by atoms with Crippen LogP contribution in [-0.2, 0) is 0 Å². The minimum absolute atomic E-state index is 0.00668. The average Bonchev–Trinajstić information content (AvgIpc) is 3.01. The Kier molecular flexibility index (Phi) is 5.40. The minimum atomic E-state index is 0.00668. The molecule has 0 atom stereocenters. The lowest BCUT2D eigenvalue weighted by atomic mass is 9.34. The monoisotopic (exact) mass is 526 g/mol. The molecule has 0 aliphatic carbocycles. The van der Waals surface area contributed by atoms with E-state index in [4.69, 9.17) is 9.47 Å². The maximum Gasteiger partial charge on any atom is 0.260 e. The van der Waals surface area contributed by atoms with E-state index in [9.17, 15) is 0 Å². The Morgan fingerprint density at radius 3 is 1.66 bits per heavy atom. The molecule has 0 bridgehead atoms. The number of hydrogen-bond donors (Lipinski definition) is 0. The van der Waals surface area contributed by atoms with Gasteiger partial charge in [0.15, 0.2) is 0 Å². The Balaban J connectivity index is 1.35. The van der Waals surface area contributed by atoms with Crippen molar-refractivity contribution in [3.8, 4) is 56.4 Å². The van der Waals surface area contributed by atoms with Gasteiger partial charge in [0.1, 0.15) is 23.0 Å². The molecule has 0 saturated heterocycles. The lowest BCUT2D eigenvalue weighted by Crippen LogP contribution is -2.57. The SMILES string of the molecule is Cc1ccccc1-c1ccc2c(c1)Oc1cc(-c3ccccc3)cc3c1B2c1cc(-c2ccccc2C)ccc1O3. The van der Waals surface area contributed by atoms with Crippen molar-refractivity contribution in [3.05, 3.63) is 139 Å². The van der Waals surface area contributed by atoms with E-state index >= 15 is 0 Å². The zero-order chi connectivity index (χ0) is 27.5. The first-order chi connectivity index (χ1) is 20.1. The van der Waals surface area contributed by atoms with Crippen molar-refractivity contribution in [2.24, 2.45) is 0 Å². The highest BCUT2D eigenvalue weighted by Crippen LogP contribution is 2.40. The van der Waals surface area contributed by atoms with Crippen LogP contribution in [0.3, 0.4) is 0 Å². The van der Waals surface area contributed by atoms with Gasteiger partial charge in [-0.15, -0.1) is 0 Å². The number of aryl methyl sites for hydroxylation is 2. The summed E-state index contributed by atoms with van der Waals surface area (Å²) < 4.78 is 13.4. The fourth-order valence-electron chi connectivity index (χ4n) is 6.42. The first-order valence-electron chi connectivity index (χ1n) is 14.1. The summed E-state index contributed by atoms with van der Waals surface area (Å²) in [5, 5.41) is 0. The van der Waals surface area contributed by atoms with Gasteiger partial charge in [-0.1, -0.05) is 103 Å². The highest BCUT2D eigenvalue weighted by molar-refractivity contribution is 6.98. The molecule has 6 aromatic carbocycles. The molecule has 2 aliphatic heterocycles. The minimum Gasteiger partial charge on any atom is -0.458 e. The number of hydrogen-bond acceptors (Lipinski definition) is 2. The van der Waals surface area contributed by atoms with Crippen LogP contribution in [0.15, 0.2) is 127 Å². The first kappa shape index (κ1) is 23.8. The van der Waals surface area contributed by atoms with E-state index in [-0.39, 0.29) is 6.71 Å². The molecule has 0 fully saturated rings. The molecule has 3 heteroatoms. The molecule has 41 heavy (non-hydrogen) atoms. The number of rotatable bonds is 3. The van der Waals surface area contributed by atoms with E-state index in [2.05, 4.69) is 135 Å². The van der Waals surface area contributed by atoms with Gasteiger partial charge in [-0.2, -0.15) is 0 Å². The summed E-state index contributed by atoms with van der Waals surface area (Å²) in [5.74, 6) is 3.50. The van der Waals surface area contributed by atoms with Gasteiger partial charge in [-0.25, -0.2) is 0 Å². The van der Waals surface area contributed by atoms with Crippen molar-refractivity contribution >= 4 is 23.1 Å². The second-order valence-corrected chi connectivity index (χ2v) is 11.0. The van der Waals surface area contributed by atoms with E-state index in [1.54, 1.807) is 0 Å². The molecule has 0 amide bonds. The summed E-state index contributed by atoms with van der Waals surface area (Å²) in [7, 11) is 0. The van der Waals surface area contributed by atoms with Gasteiger partial charge >= 0.3 is 0 Å². The molecule has 6 aromatic rings. The number of benzene rings is 6. The smallest absolute Gasteiger partial charge is 0.260 e. The van der Waals surface area contributed by atoms with E-state index < -0.39 is 0 Å². The Morgan fingerprint density at radius 2 is 0.976 bits per heavy atom. The largest absolute Gasteiger partial charge is 0.458 e. The topological polar surface area (TPSA) is 18.5 Å². The normalized spacial score (nSPS) is 12.5. The van der Waals surface area contributed by atoms with Crippen LogP contribution in [0.5, 0.6) is 23.0 Å². The van der Waals surface area contributed by atoms with Crippen LogP contribution in [0.1, 0.15) is 11.1 Å². The first-order valence-corrected chi connectivity index (χ1v) is 14.1. The van der Waals surface area contributed by atoms with Gasteiger partial charge in [0.2, 0.25) is 0 Å². The van der Waals surface area contributed by atoms with Crippen LogP contribution in [0.2, 0.25) is 0 Å². The van der Waals surface area contributed by atoms with E-state index in [0.29, 0.717) is 0 Å². The van der Waals surface area contributed by atoms with Crippen molar-refractivity contribution in [2.45, 2.75) is 13.8 Å². The second-order valence-electron chi connectivity index (χ2n) is 11.0. The van der Waals surface area contributed by atoms with E-state index in [1.807, 2.05) is 6.07 Å². The predicted molar refractivity (Wildman–Crippen MR) is 170 cm³/mol. The van der Waals surface area contributed by atoms with E-state index in [0.717, 1.165) is 50.6 Å². The van der Waals surface area contributed by atoms with Gasteiger partial charge in [0, 0.05) is 5.46 Å². The van der Waals surface area contributed by atoms with Crippen LogP contribution in [0, 0.1) is 13.8 Å². The summed E-state index contributed by atoms with van der Waals surface area (Å²) in [6.07, 6.45) is 0. The highest BCUT2D eigenvalue weighted by Gasteiger charge is 2.40. The van der Waals surface area contributed by atoms with Gasteiger partial charge < -0.3 is 9.47 Å². The second kappa shape index (κ2) is 9.28. The van der Waals surface area contributed by atoms with Gasteiger partial charge in [0.25, 0.3) is 6.71 Å². The Morgan fingerprint density at radius 1 is 0.415 bits per heavy atom. The van der Waals surface area contributed by atoms with Gasteiger partial charge in [-0.05, 0) is 93.5 Å². The summed E-state index contributed by atoms with van der Waals surface area (Å²) in [6.45, 7) is 4.33. The Bertz CT molecular complexity index is 1980. The van der Waals surface area contributed by atoms with Crippen LogP contribution < -0.4 is 25.9 Å². The van der Waals surface area contributed by atoms with Crippen molar-refractivity contribution in [3.63, 3.8) is 0 Å². The molecule has 194 valence electrons. The van der Waals surface area contributed by atoms with Crippen LogP contribution in [-0.4, -0.2) is 6.71 Å². The number of fused-ring (bicyclic) bond motifs is 4. The molecule has 0 spiro atoms. The predicted octanol–water partition coefficient (Wildman–Crippen LogP) is 8.03. The average molecular weight is 526 g/mol. The lowest BCUT2D eigenvalue weighted by molar-refractivity contribution is 0.465. The molecule has 0 N–H and O–H groups in total. The number of ether oxygens (including phenoxy) is 2. The molecule has 0 aromatic heterocycles. The molecular weight excluding hydrogens is 499 g/mol. The molecule has 0 unspecified atom stereocenters. The molecular formula is C38H27BO2. The fraction of sp³-hybridized carbons (Fsp3) is 0.0526. The summed E-state index contributed by atoms with van der Waals surface area (Å²) in [6, 6.07) is 45.1. The molecule has 2 nitrogen and oxygen atoms in total. The van der Waals surface area contributed by atoms with Crippen molar-refractivity contribution in [1.82, 2.24) is 0 Å². The van der Waals surface area contributed by atoms with Crippen molar-refractivity contribution in [2.75, 3.05) is 0 Å². The fourth-order valence-corrected chi connectivity index (χ4v) is 6.42. The van der Waals surface area contributed by atoms with Crippen LogP contribution in [0.4, 0.5) is 0 Å². The summed E-state index contributed by atoms with van der Waals surface area (Å²) >= 11 is 0. The van der Waals surface area contributed by atoms with Crippen LogP contribution >= 0.6 is 0 Å². The van der Waals surface area contributed by atoms with Crippen LogP contribution in [0.25, 0.3) is 33.4 Å². The summed E-state index contributed by atoms with van der Waals surface area (Å²) in [5.41, 5.74) is 13.0. The third-order valence-corrected chi connectivity index (χ3v) is 8.50. The highest BCUT2D eigenvalue weighted by atomic mass is 16.5. The van der Waals surface area contributed by atoms with Gasteiger partial charge in [0.05, 0.1) is 0 Å². The Hall–Kier alpha value is -5.02. The molecule has 2 aliphatic rings. The molecule has 2 heterocycles. The van der Waals surface area contributed by atoms with Crippen molar-refractivity contribution in [1.29, 1.82) is 0 Å². The third kappa shape index (κ3) is 3.88. The molecule has 8 rings (SSSR count).